The minimum absolute atomic E-state index is 0.0369. The number of pyridine rings is 1. The van der Waals surface area contributed by atoms with E-state index in [1.165, 1.54) is 0 Å². The molecule has 1 aliphatic rings. The third-order valence-corrected chi connectivity index (χ3v) is 2.88. The van der Waals surface area contributed by atoms with Gasteiger partial charge in [-0.2, -0.15) is 0 Å². The van der Waals surface area contributed by atoms with Crippen molar-refractivity contribution < 1.29 is 4.74 Å². The van der Waals surface area contributed by atoms with Gasteiger partial charge in [0.05, 0.1) is 18.5 Å². The van der Waals surface area contributed by atoms with Crippen LogP contribution in [-0.2, 0) is 11.3 Å². The SMILES string of the molecule is CCn1cc(NCC2CCC=CO2)ccc1=O. The number of anilines is 1. The van der Waals surface area contributed by atoms with E-state index in [9.17, 15) is 4.79 Å². The van der Waals surface area contributed by atoms with Gasteiger partial charge >= 0.3 is 0 Å². The van der Waals surface area contributed by atoms with Crippen LogP contribution in [0.1, 0.15) is 19.8 Å². The summed E-state index contributed by atoms with van der Waals surface area (Å²) in [6.07, 6.45) is 7.98. The Morgan fingerprint density at radius 1 is 1.53 bits per heavy atom. The molecule has 0 radical (unpaired) electrons. The molecule has 0 saturated carbocycles. The molecule has 0 fully saturated rings. The van der Waals surface area contributed by atoms with E-state index in [4.69, 9.17) is 4.74 Å². The minimum Gasteiger partial charge on any atom is -0.497 e. The van der Waals surface area contributed by atoms with E-state index in [1.807, 2.05) is 25.3 Å². The lowest BCUT2D eigenvalue weighted by molar-refractivity contribution is 0.135. The predicted molar refractivity (Wildman–Crippen MR) is 68.1 cm³/mol. The molecule has 4 heteroatoms. The van der Waals surface area contributed by atoms with E-state index in [0.717, 1.165) is 25.1 Å². The van der Waals surface area contributed by atoms with Gasteiger partial charge in [0.15, 0.2) is 0 Å². The average Bonchev–Trinajstić information content (AvgIpc) is 2.39. The fourth-order valence-electron chi connectivity index (χ4n) is 1.85. The fourth-order valence-corrected chi connectivity index (χ4v) is 1.85. The van der Waals surface area contributed by atoms with Crippen molar-refractivity contribution in [2.75, 3.05) is 11.9 Å². The van der Waals surface area contributed by atoms with Crippen LogP contribution in [0.5, 0.6) is 0 Å². The van der Waals surface area contributed by atoms with Crippen LogP contribution in [-0.4, -0.2) is 17.2 Å². The van der Waals surface area contributed by atoms with Crippen molar-refractivity contribution in [2.24, 2.45) is 0 Å². The summed E-state index contributed by atoms with van der Waals surface area (Å²) in [6.45, 7) is 3.42. The first-order chi connectivity index (χ1) is 8.29. The monoisotopic (exact) mass is 234 g/mol. The Hall–Kier alpha value is -1.71. The van der Waals surface area contributed by atoms with Crippen molar-refractivity contribution in [1.82, 2.24) is 4.57 Å². The molecule has 1 aromatic heterocycles. The molecule has 1 unspecified atom stereocenters. The van der Waals surface area contributed by atoms with Gasteiger partial charge in [0.2, 0.25) is 0 Å². The van der Waals surface area contributed by atoms with E-state index >= 15 is 0 Å². The molecule has 2 rings (SSSR count). The van der Waals surface area contributed by atoms with Gasteiger partial charge in [0.25, 0.3) is 5.56 Å². The van der Waals surface area contributed by atoms with Crippen molar-refractivity contribution in [2.45, 2.75) is 32.4 Å². The summed E-state index contributed by atoms with van der Waals surface area (Å²) in [7, 11) is 0. The van der Waals surface area contributed by atoms with Crippen molar-refractivity contribution >= 4 is 5.69 Å². The first kappa shape index (κ1) is 11.8. The quantitative estimate of drug-likeness (QED) is 0.866. The second kappa shape index (κ2) is 5.57. The van der Waals surface area contributed by atoms with Gasteiger partial charge in [0, 0.05) is 18.8 Å². The van der Waals surface area contributed by atoms with Crippen molar-refractivity contribution in [1.29, 1.82) is 0 Å². The highest BCUT2D eigenvalue weighted by Gasteiger charge is 2.10. The van der Waals surface area contributed by atoms with Crippen LogP contribution in [0.25, 0.3) is 0 Å². The van der Waals surface area contributed by atoms with Crippen LogP contribution in [0.2, 0.25) is 0 Å². The van der Waals surface area contributed by atoms with Gasteiger partial charge in [-0.05, 0) is 31.9 Å². The number of hydrogen-bond acceptors (Lipinski definition) is 3. The zero-order chi connectivity index (χ0) is 12.1. The smallest absolute Gasteiger partial charge is 0.250 e. The standard InChI is InChI=1S/C13H18N2O2/c1-2-15-10-11(6-7-13(15)16)14-9-12-5-3-4-8-17-12/h4,6-8,10,12,14H,2-3,5,9H2,1H3. The van der Waals surface area contributed by atoms with E-state index in [-0.39, 0.29) is 11.7 Å². The molecule has 1 aliphatic heterocycles. The molecular formula is C13H18N2O2. The maximum Gasteiger partial charge on any atom is 0.250 e. The number of nitrogens with one attached hydrogen (secondary N) is 1. The summed E-state index contributed by atoms with van der Waals surface area (Å²) in [4.78, 5) is 11.4. The number of rotatable bonds is 4. The molecule has 0 amide bonds. The Labute approximate surface area is 101 Å². The zero-order valence-electron chi connectivity index (χ0n) is 10.1. The summed E-state index contributed by atoms with van der Waals surface area (Å²) in [5.74, 6) is 0. The van der Waals surface area contributed by atoms with E-state index < -0.39 is 0 Å². The molecule has 4 nitrogen and oxygen atoms in total. The normalized spacial score (nSPS) is 18.8. The Bertz CT molecular complexity index is 451. The second-order valence-corrected chi connectivity index (χ2v) is 4.13. The first-order valence-electron chi connectivity index (χ1n) is 6.04. The highest BCUT2D eigenvalue weighted by Crippen LogP contribution is 2.11. The number of hydrogen-bond donors (Lipinski definition) is 1. The predicted octanol–water partition coefficient (Wildman–Crippen LogP) is 1.97. The van der Waals surface area contributed by atoms with E-state index in [0.29, 0.717) is 6.54 Å². The Balaban J connectivity index is 1.94. The van der Waals surface area contributed by atoms with Gasteiger partial charge < -0.3 is 14.6 Å². The van der Waals surface area contributed by atoms with Crippen LogP contribution in [0, 0.1) is 0 Å². The molecule has 0 spiro atoms. The largest absolute Gasteiger partial charge is 0.497 e. The average molecular weight is 234 g/mol. The van der Waals surface area contributed by atoms with Gasteiger partial charge in [0.1, 0.15) is 6.10 Å². The Kier molecular flexibility index (Phi) is 3.85. The van der Waals surface area contributed by atoms with Gasteiger partial charge in [-0.15, -0.1) is 0 Å². The molecule has 1 N–H and O–H groups in total. The highest BCUT2D eigenvalue weighted by molar-refractivity contribution is 5.40. The summed E-state index contributed by atoms with van der Waals surface area (Å²) in [6, 6.07) is 3.40. The first-order valence-corrected chi connectivity index (χ1v) is 6.04. The molecular weight excluding hydrogens is 216 g/mol. The molecule has 1 aromatic rings. The molecule has 92 valence electrons. The fraction of sp³-hybridized carbons (Fsp3) is 0.462. The minimum atomic E-state index is 0.0369. The third-order valence-electron chi connectivity index (χ3n) is 2.88. The van der Waals surface area contributed by atoms with Crippen LogP contribution >= 0.6 is 0 Å². The number of aromatic nitrogens is 1. The number of aryl methyl sites for hydroxylation is 1. The highest BCUT2D eigenvalue weighted by atomic mass is 16.5. The van der Waals surface area contributed by atoms with Gasteiger partial charge in [-0.3, -0.25) is 4.79 Å². The molecule has 0 saturated heterocycles. The van der Waals surface area contributed by atoms with Crippen molar-refractivity contribution in [3.05, 3.63) is 41.0 Å². The Morgan fingerprint density at radius 3 is 3.12 bits per heavy atom. The number of ether oxygens (including phenoxy) is 1. The number of allylic oxidation sites excluding steroid dienone is 1. The van der Waals surface area contributed by atoms with Crippen LogP contribution in [0.4, 0.5) is 5.69 Å². The van der Waals surface area contributed by atoms with Crippen LogP contribution in [0.3, 0.4) is 0 Å². The van der Waals surface area contributed by atoms with E-state index in [2.05, 4.69) is 5.32 Å². The Morgan fingerprint density at radius 2 is 2.41 bits per heavy atom. The summed E-state index contributed by atoms with van der Waals surface area (Å²) >= 11 is 0. The molecule has 1 atom stereocenters. The maximum absolute atomic E-state index is 11.4. The molecule has 2 heterocycles. The van der Waals surface area contributed by atoms with Gasteiger partial charge in [-0.25, -0.2) is 0 Å². The molecule has 0 aliphatic carbocycles. The topological polar surface area (TPSA) is 43.3 Å². The lowest BCUT2D eigenvalue weighted by Crippen LogP contribution is -2.24. The van der Waals surface area contributed by atoms with Crippen LogP contribution < -0.4 is 10.9 Å². The zero-order valence-corrected chi connectivity index (χ0v) is 10.1. The summed E-state index contributed by atoms with van der Waals surface area (Å²) in [5.41, 5.74) is 1.000. The summed E-state index contributed by atoms with van der Waals surface area (Å²) in [5, 5.41) is 3.30. The van der Waals surface area contributed by atoms with Crippen molar-refractivity contribution in [3.8, 4) is 0 Å². The van der Waals surface area contributed by atoms with Crippen LogP contribution in [0.15, 0.2) is 35.5 Å². The maximum atomic E-state index is 11.4. The van der Waals surface area contributed by atoms with Crippen molar-refractivity contribution in [3.63, 3.8) is 0 Å². The lowest BCUT2D eigenvalue weighted by atomic mass is 10.1. The van der Waals surface area contributed by atoms with Gasteiger partial charge in [-0.1, -0.05) is 0 Å². The second-order valence-electron chi connectivity index (χ2n) is 4.13. The van der Waals surface area contributed by atoms with E-state index in [1.54, 1.807) is 16.9 Å². The summed E-state index contributed by atoms with van der Waals surface area (Å²) < 4.78 is 7.15. The molecule has 17 heavy (non-hydrogen) atoms. The third kappa shape index (κ3) is 3.12. The molecule has 0 bridgehead atoms. The lowest BCUT2D eigenvalue weighted by Gasteiger charge is -2.20. The number of nitrogens with zero attached hydrogens (tertiary/aromatic N) is 1. The molecule has 0 aromatic carbocycles.